The highest BCUT2D eigenvalue weighted by Crippen LogP contribution is 2.00. The van der Waals surface area contributed by atoms with Gasteiger partial charge in [-0.05, 0) is 12.8 Å². The van der Waals surface area contributed by atoms with Crippen molar-refractivity contribution in [1.29, 1.82) is 0 Å². The second kappa shape index (κ2) is 20.0. The Balaban J connectivity index is 3.18. The molecule has 0 aromatic rings. The number of unbranched alkanes of at least 4 members (excludes halogenated alkanes) is 2. The fourth-order valence-corrected chi connectivity index (χ4v) is 2.06. The highest BCUT2D eigenvalue weighted by molar-refractivity contribution is 5.80. The van der Waals surface area contributed by atoms with E-state index in [1.807, 2.05) is 0 Å². The molecule has 0 rings (SSSR count). The van der Waals surface area contributed by atoms with Crippen LogP contribution in [-0.2, 0) is 33.3 Å². The zero-order valence-corrected chi connectivity index (χ0v) is 16.9. The smallest absolute Gasteiger partial charge is 0.305 e. The molecule has 28 heavy (non-hydrogen) atoms. The van der Waals surface area contributed by atoms with Crippen molar-refractivity contribution < 1.29 is 38.4 Å². The number of carboxylic acid groups (broad SMARTS) is 1. The Kier molecular flexibility index (Phi) is 18.8. The van der Waals surface area contributed by atoms with Gasteiger partial charge in [-0.25, -0.2) is 0 Å². The van der Waals surface area contributed by atoms with Crippen molar-refractivity contribution in [1.82, 2.24) is 5.32 Å². The maximum absolute atomic E-state index is 11.3. The molecule has 1 amide bonds. The third-order valence-electron chi connectivity index (χ3n) is 3.57. The van der Waals surface area contributed by atoms with Crippen molar-refractivity contribution in [3.8, 4) is 0 Å². The normalized spacial score (nSPS) is 10.6. The summed E-state index contributed by atoms with van der Waals surface area (Å²) >= 11 is 0. The topological polar surface area (TPSA) is 120 Å². The average Bonchev–Trinajstić information content (AvgIpc) is 2.66. The van der Waals surface area contributed by atoms with Crippen LogP contribution in [0.3, 0.4) is 0 Å². The summed E-state index contributed by atoms with van der Waals surface area (Å²) in [5.41, 5.74) is 0. The Morgan fingerprint density at radius 1 is 0.750 bits per heavy atom. The summed E-state index contributed by atoms with van der Waals surface area (Å²) in [4.78, 5) is 32.9. The number of rotatable bonds is 20. The van der Waals surface area contributed by atoms with Crippen molar-refractivity contribution in [2.24, 2.45) is 0 Å². The minimum absolute atomic E-state index is 0.00646. The second-order valence-electron chi connectivity index (χ2n) is 6.11. The van der Waals surface area contributed by atoms with E-state index in [1.165, 1.54) is 0 Å². The Labute approximate surface area is 167 Å². The van der Waals surface area contributed by atoms with E-state index in [4.69, 9.17) is 24.1 Å². The van der Waals surface area contributed by atoms with Gasteiger partial charge in [-0.2, -0.15) is 0 Å². The molecule has 0 radical (unpaired) electrons. The van der Waals surface area contributed by atoms with E-state index in [0.29, 0.717) is 59.0 Å². The van der Waals surface area contributed by atoms with E-state index in [1.54, 1.807) is 0 Å². The average molecular weight is 405 g/mol. The van der Waals surface area contributed by atoms with Crippen molar-refractivity contribution in [3.05, 3.63) is 0 Å². The van der Waals surface area contributed by atoms with Crippen molar-refractivity contribution in [3.63, 3.8) is 0 Å². The minimum Gasteiger partial charge on any atom is -0.481 e. The van der Waals surface area contributed by atoms with E-state index in [9.17, 15) is 14.4 Å². The zero-order chi connectivity index (χ0) is 20.9. The van der Waals surface area contributed by atoms with Crippen molar-refractivity contribution in [2.75, 3.05) is 52.8 Å². The Morgan fingerprint density at radius 2 is 1.36 bits per heavy atom. The first kappa shape index (κ1) is 26.3. The van der Waals surface area contributed by atoms with Gasteiger partial charge in [0, 0.05) is 26.0 Å². The van der Waals surface area contributed by atoms with E-state index in [-0.39, 0.29) is 31.3 Å². The molecule has 0 heterocycles. The Hall–Kier alpha value is -1.71. The number of hydrogen-bond acceptors (Lipinski definition) is 7. The molecule has 0 saturated heterocycles. The number of carbonyl (C=O) groups is 3. The van der Waals surface area contributed by atoms with E-state index >= 15 is 0 Å². The Bertz CT molecular complexity index is 417. The van der Waals surface area contributed by atoms with Gasteiger partial charge in [0.25, 0.3) is 0 Å². The number of ether oxygens (including phenoxy) is 4. The third-order valence-corrected chi connectivity index (χ3v) is 3.57. The number of carbonyl (C=O) groups excluding carboxylic acids is 2. The van der Waals surface area contributed by atoms with Gasteiger partial charge >= 0.3 is 11.9 Å². The lowest BCUT2D eigenvalue weighted by atomic mass is 10.2. The number of esters is 1. The minimum atomic E-state index is -0.981. The first-order valence-corrected chi connectivity index (χ1v) is 9.93. The largest absolute Gasteiger partial charge is 0.481 e. The van der Waals surface area contributed by atoms with Crippen LogP contribution in [-0.4, -0.2) is 75.7 Å². The molecule has 0 saturated carbocycles. The molecule has 0 spiro atoms. The zero-order valence-electron chi connectivity index (χ0n) is 16.9. The van der Waals surface area contributed by atoms with Crippen LogP contribution in [0, 0.1) is 0 Å². The SMILES string of the molecule is CCCCCC(=O)OCCOCCOCCOCCCNC(=O)CCC(=O)O. The van der Waals surface area contributed by atoms with Crippen LogP contribution < -0.4 is 5.32 Å². The van der Waals surface area contributed by atoms with E-state index < -0.39 is 5.97 Å². The molecule has 2 N–H and O–H groups in total. The highest BCUT2D eigenvalue weighted by Gasteiger charge is 2.04. The summed E-state index contributed by atoms with van der Waals surface area (Å²) in [5, 5.41) is 11.1. The summed E-state index contributed by atoms with van der Waals surface area (Å²) in [6.45, 7) is 5.41. The first-order valence-electron chi connectivity index (χ1n) is 9.93. The summed E-state index contributed by atoms with van der Waals surface area (Å²) in [7, 11) is 0. The van der Waals surface area contributed by atoms with Gasteiger partial charge in [-0.1, -0.05) is 19.8 Å². The molecule has 9 heteroatoms. The standard InChI is InChI=1S/C19H35NO8/c1-2-3-4-6-19(24)28-16-15-27-14-13-26-12-11-25-10-5-9-20-17(21)7-8-18(22)23/h2-16H2,1H3,(H,20,21)(H,22,23). The van der Waals surface area contributed by atoms with Gasteiger partial charge in [0.05, 0.1) is 39.5 Å². The molecule has 0 aromatic carbocycles. The molecule has 0 unspecified atom stereocenters. The molecule has 0 aliphatic carbocycles. The van der Waals surface area contributed by atoms with Crippen LogP contribution in [0.5, 0.6) is 0 Å². The summed E-state index contributed by atoms with van der Waals surface area (Å²) in [6.07, 6.45) is 3.94. The predicted molar refractivity (Wildman–Crippen MR) is 102 cm³/mol. The van der Waals surface area contributed by atoms with Crippen LogP contribution in [0.25, 0.3) is 0 Å². The number of hydrogen-bond donors (Lipinski definition) is 2. The number of aliphatic carboxylic acids is 1. The fourth-order valence-electron chi connectivity index (χ4n) is 2.06. The summed E-state index contributed by atoms with van der Waals surface area (Å²) < 4.78 is 21.0. The lowest BCUT2D eigenvalue weighted by Gasteiger charge is -2.08. The van der Waals surface area contributed by atoms with Crippen LogP contribution in [0.2, 0.25) is 0 Å². The van der Waals surface area contributed by atoms with Gasteiger partial charge in [0.2, 0.25) is 5.91 Å². The maximum atomic E-state index is 11.3. The fraction of sp³-hybridized carbons (Fsp3) is 0.842. The quantitative estimate of drug-likeness (QED) is 0.231. The number of carboxylic acids is 1. The van der Waals surface area contributed by atoms with Crippen LogP contribution >= 0.6 is 0 Å². The van der Waals surface area contributed by atoms with Gasteiger partial charge in [0.1, 0.15) is 6.61 Å². The summed E-state index contributed by atoms with van der Waals surface area (Å²) in [5.74, 6) is -1.42. The van der Waals surface area contributed by atoms with Crippen molar-refractivity contribution in [2.45, 2.75) is 51.9 Å². The molecule has 164 valence electrons. The molecule has 9 nitrogen and oxygen atoms in total. The molecule has 0 fully saturated rings. The van der Waals surface area contributed by atoms with Gasteiger partial charge in [0.15, 0.2) is 0 Å². The van der Waals surface area contributed by atoms with E-state index in [2.05, 4.69) is 12.2 Å². The maximum Gasteiger partial charge on any atom is 0.305 e. The van der Waals surface area contributed by atoms with Gasteiger partial charge < -0.3 is 29.4 Å². The lowest BCUT2D eigenvalue weighted by Crippen LogP contribution is -2.25. The number of nitrogens with one attached hydrogen (secondary N) is 1. The Morgan fingerprint density at radius 3 is 1.96 bits per heavy atom. The first-order chi connectivity index (χ1) is 13.6. The second-order valence-corrected chi connectivity index (χ2v) is 6.11. The molecule has 0 aromatic heterocycles. The predicted octanol–water partition coefficient (Wildman–Crippen LogP) is 1.53. The number of amides is 1. The third kappa shape index (κ3) is 20.6. The molecule has 0 aliphatic rings. The summed E-state index contributed by atoms with van der Waals surface area (Å²) in [6, 6.07) is 0. The van der Waals surface area contributed by atoms with E-state index in [0.717, 1.165) is 19.3 Å². The lowest BCUT2D eigenvalue weighted by molar-refractivity contribution is -0.145. The molecule has 0 atom stereocenters. The molecular formula is C19H35NO8. The molecule has 0 aliphatic heterocycles. The van der Waals surface area contributed by atoms with Gasteiger partial charge in [-0.3, -0.25) is 14.4 Å². The van der Waals surface area contributed by atoms with Crippen molar-refractivity contribution >= 4 is 17.8 Å². The van der Waals surface area contributed by atoms with Crippen LogP contribution in [0.1, 0.15) is 51.9 Å². The van der Waals surface area contributed by atoms with Crippen LogP contribution in [0.4, 0.5) is 0 Å². The monoisotopic (exact) mass is 405 g/mol. The highest BCUT2D eigenvalue weighted by atomic mass is 16.6. The van der Waals surface area contributed by atoms with Crippen LogP contribution in [0.15, 0.2) is 0 Å². The molecule has 0 bridgehead atoms. The van der Waals surface area contributed by atoms with Gasteiger partial charge in [-0.15, -0.1) is 0 Å². The molecular weight excluding hydrogens is 370 g/mol.